The number of amides is 1. The largest absolute Gasteiger partial charge is 0.481 e. The number of hydrogen-bond donors (Lipinski definition) is 2. The van der Waals surface area contributed by atoms with Crippen LogP contribution < -0.4 is 5.32 Å². The Balaban J connectivity index is 1.27. The number of benzene rings is 3. The zero-order chi connectivity index (χ0) is 25.3. The molecular formula is C27H22ClN3O4S. The topological polar surface area (TPSA) is 101 Å². The van der Waals surface area contributed by atoms with Gasteiger partial charge in [-0.3, -0.25) is 10.1 Å². The monoisotopic (exact) mass is 519 g/mol. The standard InChI is InChI=1S/C27H22ClN3O4S/c1-16(21-4-2-3-5-22(21)28)35-26(34)29-24-23(30-31-36-24)19-8-6-17(7-9-19)18-10-12-20(13-11-18)27(14-15-27)25(32)33/h2-13,16H,14-15H2,1H3,(H,29,34)(H,32,33). The number of nitrogens with zero attached hydrogens (tertiary/aromatic N) is 2. The lowest BCUT2D eigenvalue weighted by Gasteiger charge is -2.15. The van der Waals surface area contributed by atoms with E-state index >= 15 is 0 Å². The second-order valence-electron chi connectivity index (χ2n) is 8.69. The Morgan fingerprint density at radius 1 is 1.00 bits per heavy atom. The lowest BCUT2D eigenvalue weighted by molar-refractivity contribution is -0.140. The maximum atomic E-state index is 12.5. The van der Waals surface area contributed by atoms with E-state index in [1.165, 1.54) is 0 Å². The van der Waals surface area contributed by atoms with Crippen molar-refractivity contribution in [3.05, 3.63) is 88.9 Å². The molecular weight excluding hydrogens is 498 g/mol. The van der Waals surface area contributed by atoms with Crippen molar-refractivity contribution in [1.82, 2.24) is 9.59 Å². The van der Waals surface area contributed by atoms with E-state index in [9.17, 15) is 14.7 Å². The van der Waals surface area contributed by atoms with Gasteiger partial charge in [-0.2, -0.15) is 0 Å². The fraction of sp³-hybridized carbons (Fsp3) is 0.185. The molecule has 1 aromatic heterocycles. The molecule has 0 saturated heterocycles. The fourth-order valence-corrected chi connectivity index (χ4v) is 5.03. The van der Waals surface area contributed by atoms with E-state index in [4.69, 9.17) is 16.3 Å². The molecule has 5 rings (SSSR count). The Morgan fingerprint density at radius 2 is 1.61 bits per heavy atom. The normalized spacial score (nSPS) is 14.6. The highest BCUT2D eigenvalue weighted by Crippen LogP contribution is 2.48. The highest BCUT2D eigenvalue weighted by atomic mass is 35.5. The number of rotatable bonds is 7. The first-order chi connectivity index (χ1) is 17.4. The summed E-state index contributed by atoms with van der Waals surface area (Å²) in [6, 6.07) is 22.6. The van der Waals surface area contributed by atoms with Gasteiger partial charge in [0.05, 0.1) is 5.41 Å². The van der Waals surface area contributed by atoms with Crippen LogP contribution in [0.1, 0.15) is 37.0 Å². The number of carbonyl (C=O) groups excluding carboxylic acids is 1. The van der Waals surface area contributed by atoms with Crippen LogP contribution in [-0.4, -0.2) is 26.8 Å². The van der Waals surface area contributed by atoms with Gasteiger partial charge in [0.1, 0.15) is 16.8 Å². The highest BCUT2D eigenvalue weighted by Gasteiger charge is 2.51. The molecule has 4 aromatic rings. The van der Waals surface area contributed by atoms with Gasteiger partial charge in [-0.25, -0.2) is 4.79 Å². The number of anilines is 1. The Hall–Kier alpha value is -3.75. The number of ether oxygens (including phenoxy) is 1. The van der Waals surface area contributed by atoms with Crippen LogP contribution in [0.5, 0.6) is 0 Å². The molecule has 7 nitrogen and oxygen atoms in total. The molecule has 1 unspecified atom stereocenters. The van der Waals surface area contributed by atoms with E-state index in [2.05, 4.69) is 14.9 Å². The Bertz CT molecular complexity index is 1420. The first kappa shape index (κ1) is 24.0. The second-order valence-corrected chi connectivity index (χ2v) is 9.85. The van der Waals surface area contributed by atoms with Crippen molar-refractivity contribution in [3.8, 4) is 22.4 Å². The summed E-state index contributed by atoms with van der Waals surface area (Å²) < 4.78 is 9.48. The van der Waals surface area contributed by atoms with Crippen molar-refractivity contribution >= 4 is 40.2 Å². The van der Waals surface area contributed by atoms with E-state index in [1.54, 1.807) is 13.0 Å². The van der Waals surface area contributed by atoms with Crippen LogP contribution in [0, 0.1) is 0 Å². The molecule has 2 N–H and O–H groups in total. The van der Waals surface area contributed by atoms with Gasteiger partial charge in [-0.15, -0.1) is 5.10 Å². The zero-order valence-electron chi connectivity index (χ0n) is 19.3. The number of carboxylic acid groups (broad SMARTS) is 1. The molecule has 1 atom stereocenters. The second kappa shape index (κ2) is 9.72. The van der Waals surface area contributed by atoms with E-state index in [-0.39, 0.29) is 0 Å². The van der Waals surface area contributed by atoms with Crippen LogP contribution in [0.3, 0.4) is 0 Å². The number of nitrogens with one attached hydrogen (secondary N) is 1. The summed E-state index contributed by atoms with van der Waals surface area (Å²) in [5.74, 6) is -0.761. The highest BCUT2D eigenvalue weighted by molar-refractivity contribution is 7.10. The van der Waals surface area contributed by atoms with E-state index in [0.29, 0.717) is 28.6 Å². The molecule has 0 spiro atoms. The van der Waals surface area contributed by atoms with Gasteiger partial charge >= 0.3 is 12.1 Å². The Labute approximate surface area is 216 Å². The first-order valence-corrected chi connectivity index (χ1v) is 12.5. The smallest absolute Gasteiger partial charge is 0.412 e. The van der Waals surface area contributed by atoms with Crippen LogP contribution >= 0.6 is 23.1 Å². The number of aromatic nitrogens is 2. The molecule has 0 aliphatic heterocycles. The van der Waals surface area contributed by atoms with E-state index in [0.717, 1.165) is 39.3 Å². The lowest BCUT2D eigenvalue weighted by Crippen LogP contribution is -2.19. The maximum Gasteiger partial charge on any atom is 0.412 e. The van der Waals surface area contributed by atoms with Gasteiger partial charge in [0.25, 0.3) is 0 Å². The van der Waals surface area contributed by atoms with Gasteiger partial charge in [0.2, 0.25) is 0 Å². The SMILES string of the molecule is CC(OC(=O)Nc1snnc1-c1ccc(-c2ccc(C3(C(=O)O)CC3)cc2)cc1)c1ccccc1Cl. The predicted octanol–water partition coefficient (Wildman–Crippen LogP) is 6.95. The number of carboxylic acids is 1. The Morgan fingerprint density at radius 3 is 2.22 bits per heavy atom. The van der Waals surface area contributed by atoms with Gasteiger partial charge in [0, 0.05) is 27.7 Å². The van der Waals surface area contributed by atoms with Crippen molar-refractivity contribution in [1.29, 1.82) is 0 Å². The van der Waals surface area contributed by atoms with Crippen molar-refractivity contribution in [2.45, 2.75) is 31.3 Å². The quantitative estimate of drug-likeness (QED) is 0.274. The first-order valence-electron chi connectivity index (χ1n) is 11.4. The average molecular weight is 520 g/mol. The van der Waals surface area contributed by atoms with Crippen molar-refractivity contribution in [2.24, 2.45) is 0 Å². The molecule has 3 aromatic carbocycles. The van der Waals surface area contributed by atoms with Crippen LogP contribution in [0.15, 0.2) is 72.8 Å². The van der Waals surface area contributed by atoms with Gasteiger partial charge < -0.3 is 9.84 Å². The molecule has 1 heterocycles. The predicted molar refractivity (Wildman–Crippen MR) is 139 cm³/mol. The third-order valence-corrected chi connectivity index (χ3v) is 7.40. The summed E-state index contributed by atoms with van der Waals surface area (Å²) in [4.78, 5) is 24.1. The van der Waals surface area contributed by atoms with E-state index < -0.39 is 23.6 Å². The molecule has 36 heavy (non-hydrogen) atoms. The fourth-order valence-electron chi connectivity index (χ4n) is 4.17. The van der Waals surface area contributed by atoms with Crippen molar-refractivity contribution < 1.29 is 19.4 Å². The van der Waals surface area contributed by atoms with Gasteiger partial charge in [-0.05, 0) is 42.5 Å². The number of aliphatic carboxylic acids is 1. The summed E-state index contributed by atoms with van der Waals surface area (Å²) >= 11 is 7.26. The van der Waals surface area contributed by atoms with Crippen LogP contribution in [0.25, 0.3) is 22.4 Å². The summed E-state index contributed by atoms with van der Waals surface area (Å²) in [5.41, 5.74) is 4.15. The third-order valence-electron chi connectivity index (χ3n) is 6.42. The zero-order valence-corrected chi connectivity index (χ0v) is 20.8. The molecule has 0 radical (unpaired) electrons. The molecule has 1 amide bonds. The lowest BCUT2D eigenvalue weighted by atomic mass is 9.93. The van der Waals surface area contributed by atoms with Crippen LogP contribution in [0.2, 0.25) is 5.02 Å². The Kier molecular flexibility index (Phi) is 6.47. The minimum atomic E-state index is -0.761. The van der Waals surface area contributed by atoms with Crippen LogP contribution in [-0.2, 0) is 14.9 Å². The number of carbonyl (C=O) groups is 2. The molecule has 182 valence electrons. The average Bonchev–Trinajstić information content (AvgIpc) is 3.58. The molecule has 1 aliphatic carbocycles. The maximum absolute atomic E-state index is 12.5. The number of halogens is 1. The molecule has 1 aliphatic rings. The van der Waals surface area contributed by atoms with Gasteiger partial charge in [-0.1, -0.05) is 82.8 Å². The molecule has 1 fully saturated rings. The summed E-state index contributed by atoms with van der Waals surface area (Å²) in [6.45, 7) is 1.75. The van der Waals surface area contributed by atoms with Gasteiger partial charge in [0.15, 0.2) is 0 Å². The summed E-state index contributed by atoms with van der Waals surface area (Å²) in [5, 5.41) is 17.4. The minimum Gasteiger partial charge on any atom is -0.481 e. The molecule has 9 heteroatoms. The molecule has 0 bridgehead atoms. The summed E-state index contributed by atoms with van der Waals surface area (Å²) in [6.07, 6.45) is 0.210. The summed E-state index contributed by atoms with van der Waals surface area (Å²) in [7, 11) is 0. The third kappa shape index (κ3) is 4.69. The van der Waals surface area contributed by atoms with E-state index in [1.807, 2.05) is 66.7 Å². The number of hydrogen-bond acceptors (Lipinski definition) is 6. The van der Waals surface area contributed by atoms with Crippen molar-refractivity contribution in [3.63, 3.8) is 0 Å². The van der Waals surface area contributed by atoms with Crippen LogP contribution in [0.4, 0.5) is 9.80 Å². The minimum absolute atomic E-state index is 0.479. The molecule has 1 saturated carbocycles. The van der Waals surface area contributed by atoms with Crippen molar-refractivity contribution in [2.75, 3.05) is 5.32 Å².